The van der Waals surface area contributed by atoms with Crippen molar-refractivity contribution in [1.29, 1.82) is 0 Å². The van der Waals surface area contributed by atoms with E-state index in [1.54, 1.807) is 37.7 Å². The first-order chi connectivity index (χ1) is 13.2. The number of nitrogens with zero attached hydrogens (tertiary/aromatic N) is 2. The lowest BCUT2D eigenvalue weighted by Crippen LogP contribution is -2.42. The van der Waals surface area contributed by atoms with E-state index in [4.69, 9.17) is 4.74 Å². The standard InChI is InChI=1S/C20H24N4O3/c1-27-18-6-2-5-17(12-18)23-20(26)22-13-15-7-10-24(11-8-15)19(25)16-4-3-9-21-14-16/h2-6,9,12,14-15H,7-8,10-11,13H2,1H3,(H2,22,23,26). The van der Waals surface area contributed by atoms with Gasteiger partial charge in [0.2, 0.25) is 0 Å². The molecular formula is C20H24N4O3. The summed E-state index contributed by atoms with van der Waals surface area (Å²) in [7, 11) is 1.59. The normalized spacial score (nSPS) is 14.5. The van der Waals surface area contributed by atoms with Gasteiger partial charge in [-0.1, -0.05) is 6.07 Å². The highest BCUT2D eigenvalue weighted by Gasteiger charge is 2.24. The topological polar surface area (TPSA) is 83.6 Å². The van der Waals surface area contributed by atoms with Crippen LogP contribution < -0.4 is 15.4 Å². The van der Waals surface area contributed by atoms with E-state index in [1.165, 1.54) is 0 Å². The van der Waals surface area contributed by atoms with Crippen LogP contribution in [0.5, 0.6) is 5.75 Å². The SMILES string of the molecule is COc1cccc(NC(=O)NCC2CCN(C(=O)c3cccnc3)CC2)c1. The first kappa shape index (κ1) is 18.7. The Labute approximate surface area is 158 Å². The Bertz CT molecular complexity index is 774. The molecule has 0 atom stereocenters. The number of anilines is 1. The summed E-state index contributed by atoms with van der Waals surface area (Å²) in [5, 5.41) is 5.71. The lowest BCUT2D eigenvalue weighted by atomic mass is 9.96. The number of amides is 3. The molecule has 7 nitrogen and oxygen atoms in total. The van der Waals surface area contributed by atoms with Crippen LogP contribution in [0.25, 0.3) is 0 Å². The number of likely N-dealkylation sites (tertiary alicyclic amines) is 1. The van der Waals surface area contributed by atoms with Gasteiger partial charge >= 0.3 is 6.03 Å². The van der Waals surface area contributed by atoms with Crippen molar-refractivity contribution in [3.05, 3.63) is 54.4 Å². The molecule has 27 heavy (non-hydrogen) atoms. The minimum atomic E-state index is -0.239. The molecular weight excluding hydrogens is 344 g/mol. The van der Waals surface area contributed by atoms with Crippen molar-refractivity contribution in [2.75, 3.05) is 32.1 Å². The highest BCUT2D eigenvalue weighted by atomic mass is 16.5. The number of benzene rings is 1. The maximum Gasteiger partial charge on any atom is 0.319 e. The van der Waals surface area contributed by atoms with E-state index >= 15 is 0 Å². The first-order valence-corrected chi connectivity index (χ1v) is 9.04. The zero-order valence-corrected chi connectivity index (χ0v) is 15.4. The number of piperidine rings is 1. The zero-order valence-electron chi connectivity index (χ0n) is 15.4. The summed E-state index contributed by atoms with van der Waals surface area (Å²) in [6.07, 6.45) is 4.99. The number of carbonyl (C=O) groups excluding carboxylic acids is 2. The van der Waals surface area contributed by atoms with Crippen molar-refractivity contribution >= 4 is 17.6 Å². The minimum absolute atomic E-state index is 0.0188. The first-order valence-electron chi connectivity index (χ1n) is 9.04. The molecule has 142 valence electrons. The molecule has 7 heteroatoms. The number of hydrogen-bond acceptors (Lipinski definition) is 4. The molecule has 1 aliphatic heterocycles. The predicted octanol–water partition coefficient (Wildman–Crippen LogP) is 2.76. The second-order valence-corrected chi connectivity index (χ2v) is 6.54. The average molecular weight is 368 g/mol. The summed E-state index contributed by atoms with van der Waals surface area (Å²) in [4.78, 5) is 30.4. The van der Waals surface area contributed by atoms with E-state index in [0.717, 1.165) is 12.8 Å². The number of carbonyl (C=O) groups is 2. The number of rotatable bonds is 5. The zero-order chi connectivity index (χ0) is 19.1. The van der Waals surface area contributed by atoms with E-state index < -0.39 is 0 Å². The Balaban J connectivity index is 1.41. The lowest BCUT2D eigenvalue weighted by molar-refractivity contribution is 0.0690. The van der Waals surface area contributed by atoms with E-state index in [-0.39, 0.29) is 11.9 Å². The molecule has 0 bridgehead atoms. The van der Waals surface area contributed by atoms with E-state index in [1.807, 2.05) is 23.1 Å². The lowest BCUT2D eigenvalue weighted by Gasteiger charge is -2.32. The molecule has 3 rings (SSSR count). The molecule has 0 radical (unpaired) electrons. The fourth-order valence-electron chi connectivity index (χ4n) is 3.13. The van der Waals surface area contributed by atoms with Crippen molar-refractivity contribution in [3.8, 4) is 5.75 Å². The van der Waals surface area contributed by atoms with Crippen molar-refractivity contribution in [2.24, 2.45) is 5.92 Å². The van der Waals surface area contributed by atoms with Crippen LogP contribution in [0.3, 0.4) is 0 Å². The Kier molecular flexibility index (Phi) is 6.25. The molecule has 2 heterocycles. The monoisotopic (exact) mass is 368 g/mol. The second-order valence-electron chi connectivity index (χ2n) is 6.54. The molecule has 1 aliphatic rings. The van der Waals surface area contributed by atoms with Crippen LogP contribution >= 0.6 is 0 Å². The third-order valence-electron chi connectivity index (χ3n) is 4.69. The number of urea groups is 1. The number of methoxy groups -OCH3 is 1. The van der Waals surface area contributed by atoms with Crippen LogP contribution in [0, 0.1) is 5.92 Å². The molecule has 1 saturated heterocycles. The second kappa shape index (κ2) is 9.02. The number of pyridine rings is 1. The number of aromatic nitrogens is 1. The van der Waals surface area contributed by atoms with Gasteiger partial charge in [0.15, 0.2) is 0 Å². The molecule has 0 aliphatic carbocycles. The molecule has 1 fully saturated rings. The highest BCUT2D eigenvalue weighted by molar-refractivity contribution is 5.94. The smallest absolute Gasteiger partial charge is 0.319 e. The molecule has 1 aromatic heterocycles. The Morgan fingerprint density at radius 2 is 2.04 bits per heavy atom. The molecule has 2 aromatic rings. The summed E-state index contributed by atoms with van der Waals surface area (Å²) in [5.41, 5.74) is 1.30. The maximum absolute atomic E-state index is 12.4. The van der Waals surface area contributed by atoms with Crippen molar-refractivity contribution in [1.82, 2.24) is 15.2 Å². The van der Waals surface area contributed by atoms with Gasteiger partial charge in [-0.15, -0.1) is 0 Å². The molecule has 0 unspecified atom stereocenters. The summed E-state index contributed by atoms with van der Waals surface area (Å²) >= 11 is 0. The molecule has 0 saturated carbocycles. The fourth-order valence-corrected chi connectivity index (χ4v) is 3.13. The minimum Gasteiger partial charge on any atom is -0.497 e. The van der Waals surface area contributed by atoms with E-state index in [2.05, 4.69) is 15.6 Å². The number of hydrogen-bond donors (Lipinski definition) is 2. The van der Waals surface area contributed by atoms with Crippen LogP contribution in [0.1, 0.15) is 23.2 Å². The fraction of sp³-hybridized carbons (Fsp3) is 0.350. The van der Waals surface area contributed by atoms with Crippen LogP contribution in [0.4, 0.5) is 10.5 Å². The van der Waals surface area contributed by atoms with Crippen molar-refractivity contribution in [2.45, 2.75) is 12.8 Å². The Morgan fingerprint density at radius 3 is 2.74 bits per heavy atom. The van der Waals surface area contributed by atoms with Crippen LogP contribution in [-0.2, 0) is 0 Å². The quantitative estimate of drug-likeness (QED) is 0.850. The van der Waals surface area contributed by atoms with Gasteiger partial charge in [-0.3, -0.25) is 9.78 Å². The summed E-state index contributed by atoms with van der Waals surface area (Å²) < 4.78 is 5.15. The van der Waals surface area contributed by atoms with E-state index in [0.29, 0.717) is 42.6 Å². The molecule has 1 aromatic carbocycles. The average Bonchev–Trinajstić information content (AvgIpc) is 2.73. The Hall–Kier alpha value is -3.09. The van der Waals surface area contributed by atoms with Crippen LogP contribution in [0.15, 0.2) is 48.8 Å². The van der Waals surface area contributed by atoms with Gasteiger partial charge in [-0.25, -0.2) is 4.79 Å². The van der Waals surface area contributed by atoms with Gasteiger partial charge < -0.3 is 20.3 Å². The van der Waals surface area contributed by atoms with Gasteiger partial charge in [0.1, 0.15) is 5.75 Å². The van der Waals surface area contributed by atoms with Gasteiger partial charge in [-0.05, 0) is 43.0 Å². The summed E-state index contributed by atoms with van der Waals surface area (Å²) in [6, 6.07) is 10.5. The van der Waals surface area contributed by atoms with Crippen LogP contribution in [-0.4, -0.2) is 48.6 Å². The summed E-state index contributed by atoms with van der Waals surface area (Å²) in [5.74, 6) is 1.07. The highest BCUT2D eigenvalue weighted by Crippen LogP contribution is 2.19. The number of ether oxygens (including phenoxy) is 1. The van der Waals surface area contributed by atoms with Gasteiger partial charge in [-0.2, -0.15) is 0 Å². The van der Waals surface area contributed by atoms with Crippen molar-refractivity contribution in [3.63, 3.8) is 0 Å². The largest absolute Gasteiger partial charge is 0.497 e. The predicted molar refractivity (Wildman–Crippen MR) is 103 cm³/mol. The Morgan fingerprint density at radius 1 is 1.22 bits per heavy atom. The van der Waals surface area contributed by atoms with Gasteiger partial charge in [0.05, 0.1) is 12.7 Å². The summed E-state index contributed by atoms with van der Waals surface area (Å²) in [6.45, 7) is 1.97. The number of nitrogens with one attached hydrogen (secondary N) is 2. The van der Waals surface area contributed by atoms with Gasteiger partial charge in [0.25, 0.3) is 5.91 Å². The van der Waals surface area contributed by atoms with Crippen LogP contribution in [0.2, 0.25) is 0 Å². The van der Waals surface area contributed by atoms with E-state index in [9.17, 15) is 9.59 Å². The molecule has 0 spiro atoms. The van der Waals surface area contributed by atoms with Gasteiger partial charge in [0, 0.05) is 43.8 Å². The third kappa shape index (κ3) is 5.20. The third-order valence-corrected chi connectivity index (χ3v) is 4.69. The molecule has 2 N–H and O–H groups in total. The molecule has 3 amide bonds. The maximum atomic E-state index is 12.4. The van der Waals surface area contributed by atoms with Crippen molar-refractivity contribution < 1.29 is 14.3 Å².